The molecule has 4 heteroatoms. The second-order valence-corrected chi connectivity index (χ2v) is 5.99. The SMILES string of the molecule is CCCN1CCC(CN)(NN2CCCCC2)CC1. The zero-order valence-electron chi connectivity index (χ0n) is 12.0. The zero-order valence-corrected chi connectivity index (χ0v) is 12.0. The molecule has 0 amide bonds. The van der Waals surface area contributed by atoms with Crippen LogP contribution in [0.2, 0.25) is 0 Å². The summed E-state index contributed by atoms with van der Waals surface area (Å²) < 4.78 is 0. The molecule has 3 N–H and O–H groups in total. The highest BCUT2D eigenvalue weighted by molar-refractivity contribution is 4.93. The highest BCUT2D eigenvalue weighted by Crippen LogP contribution is 2.23. The van der Waals surface area contributed by atoms with Crippen molar-refractivity contribution >= 4 is 0 Å². The molecule has 2 heterocycles. The Hall–Kier alpha value is -0.160. The van der Waals surface area contributed by atoms with Crippen molar-refractivity contribution in [2.45, 2.75) is 51.0 Å². The Balaban J connectivity index is 1.83. The van der Waals surface area contributed by atoms with E-state index in [2.05, 4.69) is 22.3 Å². The first-order valence-corrected chi connectivity index (χ1v) is 7.73. The van der Waals surface area contributed by atoms with Crippen LogP contribution in [0.25, 0.3) is 0 Å². The van der Waals surface area contributed by atoms with Crippen LogP contribution in [-0.4, -0.2) is 54.7 Å². The average Bonchev–Trinajstić information content (AvgIpc) is 2.43. The predicted molar refractivity (Wildman–Crippen MR) is 76.3 cm³/mol. The first-order chi connectivity index (χ1) is 8.78. The van der Waals surface area contributed by atoms with Gasteiger partial charge in [-0.05, 0) is 51.7 Å². The summed E-state index contributed by atoms with van der Waals surface area (Å²) in [5, 5.41) is 2.42. The van der Waals surface area contributed by atoms with E-state index in [9.17, 15) is 0 Å². The Labute approximate surface area is 112 Å². The van der Waals surface area contributed by atoms with E-state index in [0.29, 0.717) is 0 Å². The van der Waals surface area contributed by atoms with Crippen molar-refractivity contribution in [1.82, 2.24) is 15.3 Å². The molecule has 0 aromatic rings. The molecule has 0 radical (unpaired) electrons. The quantitative estimate of drug-likeness (QED) is 0.773. The maximum Gasteiger partial charge on any atom is 0.0472 e. The molecule has 2 aliphatic heterocycles. The maximum absolute atomic E-state index is 6.07. The summed E-state index contributed by atoms with van der Waals surface area (Å²) in [6.45, 7) is 9.06. The summed E-state index contributed by atoms with van der Waals surface area (Å²) in [6, 6.07) is 0. The smallest absolute Gasteiger partial charge is 0.0472 e. The lowest BCUT2D eigenvalue weighted by Gasteiger charge is -2.45. The van der Waals surface area contributed by atoms with Crippen molar-refractivity contribution in [1.29, 1.82) is 0 Å². The fourth-order valence-electron chi connectivity index (χ4n) is 3.22. The normalized spacial score (nSPS) is 26.3. The van der Waals surface area contributed by atoms with Crippen molar-refractivity contribution in [2.24, 2.45) is 5.73 Å². The topological polar surface area (TPSA) is 44.5 Å². The molecule has 2 aliphatic rings. The van der Waals surface area contributed by atoms with E-state index in [-0.39, 0.29) is 5.54 Å². The van der Waals surface area contributed by atoms with Crippen LogP contribution >= 0.6 is 0 Å². The molecular formula is C14H30N4. The third kappa shape index (κ3) is 3.67. The number of nitrogens with two attached hydrogens (primary N) is 1. The van der Waals surface area contributed by atoms with Crippen LogP contribution in [0.5, 0.6) is 0 Å². The Morgan fingerprint density at radius 1 is 1.06 bits per heavy atom. The van der Waals surface area contributed by atoms with Crippen molar-refractivity contribution in [3.63, 3.8) is 0 Å². The van der Waals surface area contributed by atoms with Gasteiger partial charge in [0, 0.05) is 25.2 Å². The molecule has 2 rings (SSSR count). The highest BCUT2D eigenvalue weighted by Gasteiger charge is 2.34. The first-order valence-electron chi connectivity index (χ1n) is 7.73. The van der Waals surface area contributed by atoms with Gasteiger partial charge in [0.25, 0.3) is 0 Å². The molecule has 2 saturated heterocycles. The minimum Gasteiger partial charge on any atom is -0.329 e. The number of hydrazine groups is 1. The Morgan fingerprint density at radius 2 is 1.72 bits per heavy atom. The molecule has 0 aliphatic carbocycles. The number of rotatable bonds is 5. The van der Waals surface area contributed by atoms with Crippen molar-refractivity contribution in [3.8, 4) is 0 Å². The van der Waals surface area contributed by atoms with Gasteiger partial charge in [-0.15, -0.1) is 0 Å². The highest BCUT2D eigenvalue weighted by atomic mass is 15.5. The van der Waals surface area contributed by atoms with E-state index < -0.39 is 0 Å². The molecule has 0 unspecified atom stereocenters. The second kappa shape index (κ2) is 6.85. The zero-order chi connectivity index (χ0) is 12.8. The van der Waals surface area contributed by atoms with Crippen molar-refractivity contribution in [3.05, 3.63) is 0 Å². The third-order valence-corrected chi connectivity index (χ3v) is 4.50. The summed E-state index contributed by atoms with van der Waals surface area (Å²) in [6.07, 6.45) is 7.69. The molecule has 0 spiro atoms. The Kier molecular flexibility index (Phi) is 5.42. The second-order valence-electron chi connectivity index (χ2n) is 5.99. The molecule has 0 bridgehead atoms. The number of hydrogen-bond donors (Lipinski definition) is 2. The summed E-state index contributed by atoms with van der Waals surface area (Å²) >= 11 is 0. The van der Waals surface area contributed by atoms with Gasteiger partial charge in [0.1, 0.15) is 0 Å². The van der Waals surface area contributed by atoms with Crippen molar-refractivity contribution < 1.29 is 0 Å². The van der Waals surface area contributed by atoms with Crippen LogP contribution in [0.4, 0.5) is 0 Å². The van der Waals surface area contributed by atoms with Gasteiger partial charge in [-0.2, -0.15) is 0 Å². The van der Waals surface area contributed by atoms with Crippen molar-refractivity contribution in [2.75, 3.05) is 39.3 Å². The minimum absolute atomic E-state index is 0.168. The lowest BCUT2D eigenvalue weighted by atomic mass is 9.88. The van der Waals surface area contributed by atoms with Gasteiger partial charge in [0.15, 0.2) is 0 Å². The van der Waals surface area contributed by atoms with E-state index in [4.69, 9.17) is 5.73 Å². The minimum atomic E-state index is 0.168. The Bertz CT molecular complexity index is 230. The molecule has 106 valence electrons. The number of nitrogens with zero attached hydrogens (tertiary/aromatic N) is 2. The third-order valence-electron chi connectivity index (χ3n) is 4.50. The van der Waals surface area contributed by atoms with Crippen LogP contribution < -0.4 is 11.2 Å². The summed E-state index contributed by atoms with van der Waals surface area (Å²) in [7, 11) is 0. The lowest BCUT2D eigenvalue weighted by Crippen LogP contribution is -2.63. The fourth-order valence-corrected chi connectivity index (χ4v) is 3.22. The van der Waals surface area contributed by atoms with E-state index in [1.165, 1.54) is 71.2 Å². The predicted octanol–water partition coefficient (Wildman–Crippen LogP) is 1.18. The molecule has 18 heavy (non-hydrogen) atoms. The molecule has 0 saturated carbocycles. The van der Waals surface area contributed by atoms with E-state index >= 15 is 0 Å². The van der Waals surface area contributed by atoms with Gasteiger partial charge in [0.2, 0.25) is 0 Å². The molecule has 0 aromatic heterocycles. The van der Waals surface area contributed by atoms with Crippen LogP contribution in [0, 0.1) is 0 Å². The summed E-state index contributed by atoms with van der Waals surface area (Å²) in [5.74, 6) is 0. The molecular weight excluding hydrogens is 224 g/mol. The maximum atomic E-state index is 6.07. The molecule has 0 aromatic carbocycles. The Morgan fingerprint density at radius 3 is 2.28 bits per heavy atom. The fraction of sp³-hybridized carbons (Fsp3) is 1.00. The van der Waals surface area contributed by atoms with Crippen LogP contribution in [-0.2, 0) is 0 Å². The van der Waals surface area contributed by atoms with Gasteiger partial charge < -0.3 is 10.6 Å². The van der Waals surface area contributed by atoms with Crippen LogP contribution in [0.15, 0.2) is 0 Å². The van der Waals surface area contributed by atoms with E-state index in [1.807, 2.05) is 0 Å². The lowest BCUT2D eigenvalue weighted by molar-refractivity contribution is 0.0402. The largest absolute Gasteiger partial charge is 0.329 e. The molecule has 0 atom stereocenters. The van der Waals surface area contributed by atoms with Gasteiger partial charge >= 0.3 is 0 Å². The molecule has 2 fully saturated rings. The van der Waals surface area contributed by atoms with Crippen LogP contribution in [0.3, 0.4) is 0 Å². The van der Waals surface area contributed by atoms with E-state index in [1.54, 1.807) is 0 Å². The average molecular weight is 254 g/mol. The summed E-state index contributed by atoms with van der Waals surface area (Å²) in [5.41, 5.74) is 10.0. The van der Waals surface area contributed by atoms with Gasteiger partial charge in [0.05, 0.1) is 0 Å². The van der Waals surface area contributed by atoms with Gasteiger partial charge in [-0.1, -0.05) is 13.3 Å². The number of piperidine rings is 2. The summed E-state index contributed by atoms with van der Waals surface area (Å²) in [4.78, 5) is 2.58. The number of nitrogens with one attached hydrogen (secondary N) is 1. The molecule has 4 nitrogen and oxygen atoms in total. The number of hydrogen-bond acceptors (Lipinski definition) is 4. The standard InChI is InChI=1S/C14H30N4/c1-2-8-17-11-6-14(13-15,7-12-17)16-18-9-4-3-5-10-18/h16H,2-13,15H2,1H3. The van der Waals surface area contributed by atoms with Crippen LogP contribution in [0.1, 0.15) is 45.4 Å². The number of likely N-dealkylation sites (tertiary alicyclic amines) is 1. The van der Waals surface area contributed by atoms with Gasteiger partial charge in [-0.3, -0.25) is 0 Å². The monoisotopic (exact) mass is 254 g/mol. The van der Waals surface area contributed by atoms with E-state index in [0.717, 1.165) is 6.54 Å². The van der Waals surface area contributed by atoms with Gasteiger partial charge in [-0.25, -0.2) is 10.4 Å². The first kappa shape index (κ1) is 14.3.